The molecule has 0 radical (unpaired) electrons. The Hall–Kier alpha value is -1.10. The minimum atomic E-state index is -0.0651. The van der Waals surface area contributed by atoms with Crippen molar-refractivity contribution in [3.63, 3.8) is 0 Å². The van der Waals surface area contributed by atoms with Gasteiger partial charge in [0.15, 0.2) is 0 Å². The maximum Gasteiger partial charge on any atom is 0.222 e. The first kappa shape index (κ1) is 16.4. The van der Waals surface area contributed by atoms with Crippen molar-refractivity contribution in [3.05, 3.63) is 34.9 Å². The van der Waals surface area contributed by atoms with Gasteiger partial charge in [0, 0.05) is 50.3 Å². The van der Waals surface area contributed by atoms with E-state index in [1.807, 2.05) is 18.2 Å². The molecule has 3 saturated heterocycles. The smallest absolute Gasteiger partial charge is 0.222 e. The number of halogens is 1. The second-order valence-corrected chi connectivity index (χ2v) is 7.90. The Morgan fingerprint density at radius 1 is 1.33 bits per heavy atom. The molecule has 1 amide bonds. The predicted molar refractivity (Wildman–Crippen MR) is 94.0 cm³/mol. The first-order valence-electron chi connectivity index (χ1n) is 9.04. The van der Waals surface area contributed by atoms with Crippen LogP contribution < -0.4 is 0 Å². The summed E-state index contributed by atoms with van der Waals surface area (Å²) in [5, 5.41) is 0.794. The molecule has 1 aromatic carbocycles. The van der Waals surface area contributed by atoms with Crippen molar-refractivity contribution in [1.82, 2.24) is 9.80 Å². The van der Waals surface area contributed by atoms with E-state index in [1.165, 1.54) is 5.56 Å². The molecule has 4 nitrogen and oxygen atoms in total. The van der Waals surface area contributed by atoms with Crippen molar-refractivity contribution in [2.45, 2.75) is 50.3 Å². The van der Waals surface area contributed by atoms with Crippen LogP contribution in [0.2, 0.25) is 5.02 Å². The molecular formula is C19H25ClN2O2. The topological polar surface area (TPSA) is 32.8 Å². The standard InChI is InChI=1S/C19H25ClN2O2/c20-16-4-1-3-15(11-16)13-21-9-7-19(14-21)12-17(6-10-24-19)22-8-2-5-18(22)23/h1,3-4,11,17H,2,5-10,12-14H2/t17-,19-/m0/s1. The van der Waals surface area contributed by atoms with Gasteiger partial charge >= 0.3 is 0 Å². The van der Waals surface area contributed by atoms with Crippen molar-refractivity contribution in [1.29, 1.82) is 0 Å². The summed E-state index contributed by atoms with van der Waals surface area (Å²) in [5.41, 5.74) is 1.19. The van der Waals surface area contributed by atoms with Crippen molar-refractivity contribution in [2.75, 3.05) is 26.2 Å². The number of ether oxygens (including phenoxy) is 1. The van der Waals surface area contributed by atoms with E-state index in [2.05, 4.69) is 15.9 Å². The first-order valence-corrected chi connectivity index (χ1v) is 9.42. The summed E-state index contributed by atoms with van der Waals surface area (Å²) in [6, 6.07) is 8.47. The van der Waals surface area contributed by atoms with E-state index in [0.717, 1.165) is 69.9 Å². The number of hydrogen-bond donors (Lipinski definition) is 0. The highest BCUT2D eigenvalue weighted by Gasteiger charge is 2.45. The summed E-state index contributed by atoms with van der Waals surface area (Å²) in [6.45, 7) is 4.63. The van der Waals surface area contributed by atoms with Gasteiger partial charge in [-0.3, -0.25) is 9.69 Å². The maximum absolute atomic E-state index is 12.1. The molecular weight excluding hydrogens is 324 g/mol. The van der Waals surface area contributed by atoms with Gasteiger partial charge in [0.25, 0.3) is 0 Å². The minimum absolute atomic E-state index is 0.0651. The third kappa shape index (κ3) is 3.32. The zero-order chi connectivity index (χ0) is 16.6. The number of carbonyl (C=O) groups is 1. The van der Waals surface area contributed by atoms with Crippen LogP contribution in [0, 0.1) is 0 Å². The van der Waals surface area contributed by atoms with Gasteiger partial charge in [-0.05, 0) is 43.4 Å². The molecule has 24 heavy (non-hydrogen) atoms. The van der Waals surface area contributed by atoms with Crippen LogP contribution in [0.25, 0.3) is 0 Å². The summed E-state index contributed by atoms with van der Waals surface area (Å²) < 4.78 is 6.24. The van der Waals surface area contributed by atoms with E-state index in [0.29, 0.717) is 11.9 Å². The fourth-order valence-corrected chi connectivity index (χ4v) is 4.78. The number of benzene rings is 1. The van der Waals surface area contributed by atoms with Crippen LogP contribution in [-0.4, -0.2) is 53.6 Å². The van der Waals surface area contributed by atoms with Gasteiger partial charge in [-0.2, -0.15) is 0 Å². The van der Waals surface area contributed by atoms with Gasteiger partial charge in [-0.15, -0.1) is 0 Å². The molecule has 3 aliphatic rings. The predicted octanol–water partition coefficient (Wildman–Crippen LogP) is 3.09. The lowest BCUT2D eigenvalue weighted by atomic mass is 9.89. The Kier molecular flexibility index (Phi) is 4.54. The number of amides is 1. The zero-order valence-corrected chi connectivity index (χ0v) is 14.8. The van der Waals surface area contributed by atoms with E-state index in [-0.39, 0.29) is 5.60 Å². The van der Waals surface area contributed by atoms with Crippen molar-refractivity contribution >= 4 is 17.5 Å². The lowest BCUT2D eigenvalue weighted by molar-refractivity contribution is -0.137. The van der Waals surface area contributed by atoms with Crippen LogP contribution in [0.4, 0.5) is 0 Å². The van der Waals surface area contributed by atoms with Crippen LogP contribution in [0.1, 0.15) is 37.7 Å². The zero-order valence-electron chi connectivity index (χ0n) is 14.0. The van der Waals surface area contributed by atoms with Crippen LogP contribution in [0.15, 0.2) is 24.3 Å². The molecule has 1 aromatic rings. The molecule has 0 aliphatic carbocycles. The van der Waals surface area contributed by atoms with E-state index >= 15 is 0 Å². The lowest BCUT2D eigenvalue weighted by Gasteiger charge is -2.41. The average Bonchev–Trinajstić information content (AvgIpc) is 3.14. The summed E-state index contributed by atoms with van der Waals surface area (Å²) in [4.78, 5) is 16.6. The van der Waals surface area contributed by atoms with E-state index in [4.69, 9.17) is 16.3 Å². The number of hydrogen-bond acceptors (Lipinski definition) is 3. The molecule has 3 fully saturated rings. The minimum Gasteiger partial charge on any atom is -0.373 e. The number of rotatable bonds is 3. The van der Waals surface area contributed by atoms with E-state index < -0.39 is 0 Å². The van der Waals surface area contributed by atoms with Crippen molar-refractivity contribution in [2.24, 2.45) is 0 Å². The maximum atomic E-state index is 12.1. The fourth-order valence-electron chi connectivity index (χ4n) is 4.56. The van der Waals surface area contributed by atoms with Crippen LogP contribution in [0.3, 0.4) is 0 Å². The first-order chi connectivity index (χ1) is 11.6. The summed E-state index contributed by atoms with van der Waals surface area (Å²) in [5.74, 6) is 0.339. The quantitative estimate of drug-likeness (QED) is 0.841. The average molecular weight is 349 g/mol. The summed E-state index contributed by atoms with van der Waals surface area (Å²) in [7, 11) is 0. The fraction of sp³-hybridized carbons (Fsp3) is 0.632. The van der Waals surface area contributed by atoms with Crippen LogP contribution in [0.5, 0.6) is 0 Å². The summed E-state index contributed by atoms with van der Waals surface area (Å²) >= 11 is 6.10. The second-order valence-electron chi connectivity index (χ2n) is 7.46. The Balaban J connectivity index is 1.40. The third-order valence-electron chi connectivity index (χ3n) is 5.71. The molecule has 130 valence electrons. The molecule has 1 spiro atoms. The van der Waals surface area contributed by atoms with Gasteiger partial charge in [0.1, 0.15) is 0 Å². The van der Waals surface area contributed by atoms with Gasteiger partial charge in [-0.25, -0.2) is 0 Å². The largest absolute Gasteiger partial charge is 0.373 e. The van der Waals surface area contributed by atoms with Gasteiger partial charge in [0.05, 0.1) is 5.60 Å². The Morgan fingerprint density at radius 2 is 2.25 bits per heavy atom. The molecule has 0 unspecified atom stereocenters. The monoisotopic (exact) mass is 348 g/mol. The van der Waals surface area contributed by atoms with Crippen LogP contribution >= 0.6 is 11.6 Å². The highest BCUT2D eigenvalue weighted by molar-refractivity contribution is 6.30. The summed E-state index contributed by atoms with van der Waals surface area (Å²) in [6.07, 6.45) is 4.79. The molecule has 2 atom stereocenters. The SMILES string of the molecule is O=C1CCCN1[C@H]1CCO[C@@]2(CCN(Cc3cccc(Cl)c3)C2)C1. The van der Waals surface area contributed by atoms with Gasteiger partial charge in [0.2, 0.25) is 5.91 Å². The lowest BCUT2D eigenvalue weighted by Crippen LogP contribution is -2.50. The molecule has 0 N–H and O–H groups in total. The molecule has 0 saturated carbocycles. The Bertz CT molecular complexity index is 623. The molecule has 3 heterocycles. The number of nitrogens with zero attached hydrogens (tertiary/aromatic N) is 2. The number of carbonyl (C=O) groups excluding carboxylic acids is 1. The Morgan fingerprint density at radius 3 is 3.04 bits per heavy atom. The van der Waals surface area contributed by atoms with Gasteiger partial charge < -0.3 is 9.64 Å². The second kappa shape index (κ2) is 6.66. The molecule has 5 heteroatoms. The van der Waals surface area contributed by atoms with Crippen LogP contribution in [-0.2, 0) is 16.1 Å². The van der Waals surface area contributed by atoms with Crippen molar-refractivity contribution in [3.8, 4) is 0 Å². The molecule has 3 aliphatic heterocycles. The van der Waals surface area contributed by atoms with Gasteiger partial charge in [-0.1, -0.05) is 23.7 Å². The Labute approximate surface area is 148 Å². The van der Waals surface area contributed by atoms with E-state index in [1.54, 1.807) is 0 Å². The molecule has 0 bridgehead atoms. The normalized spacial score (nSPS) is 31.3. The van der Waals surface area contributed by atoms with E-state index in [9.17, 15) is 4.79 Å². The van der Waals surface area contributed by atoms with Crippen molar-refractivity contribution < 1.29 is 9.53 Å². The molecule has 0 aromatic heterocycles. The number of likely N-dealkylation sites (tertiary alicyclic amines) is 2. The molecule has 4 rings (SSSR count). The highest BCUT2D eigenvalue weighted by atomic mass is 35.5. The highest BCUT2D eigenvalue weighted by Crippen LogP contribution is 2.37. The third-order valence-corrected chi connectivity index (χ3v) is 5.94.